The van der Waals surface area contributed by atoms with Crippen LogP contribution in [0.4, 0.5) is 0 Å². The van der Waals surface area contributed by atoms with Crippen molar-refractivity contribution < 1.29 is 13.2 Å². The predicted molar refractivity (Wildman–Crippen MR) is 119 cm³/mol. The third-order valence-electron chi connectivity index (χ3n) is 5.34. The molecule has 1 aromatic heterocycles. The zero-order valence-electron chi connectivity index (χ0n) is 16.6. The van der Waals surface area contributed by atoms with Gasteiger partial charge in [-0.25, -0.2) is 13.4 Å². The maximum Gasteiger partial charge on any atom is 0.252 e. The van der Waals surface area contributed by atoms with Crippen molar-refractivity contribution in [1.29, 1.82) is 0 Å². The second kappa shape index (κ2) is 8.49. The van der Waals surface area contributed by atoms with E-state index in [-0.39, 0.29) is 22.9 Å². The average Bonchev–Trinajstić information content (AvgIpc) is 3.40. The van der Waals surface area contributed by atoms with Gasteiger partial charge in [-0.05, 0) is 66.0 Å². The molecule has 2 aromatic carbocycles. The molecule has 3 aromatic rings. The van der Waals surface area contributed by atoms with Crippen LogP contribution >= 0.6 is 15.9 Å². The van der Waals surface area contributed by atoms with Crippen molar-refractivity contribution >= 4 is 42.9 Å². The lowest BCUT2D eigenvalue weighted by atomic mass is 10.2. The van der Waals surface area contributed by atoms with E-state index in [1.54, 1.807) is 6.07 Å². The highest BCUT2D eigenvalue weighted by atomic mass is 79.9. The van der Waals surface area contributed by atoms with E-state index in [9.17, 15) is 13.2 Å². The van der Waals surface area contributed by atoms with Crippen molar-refractivity contribution in [3.05, 3.63) is 58.3 Å². The second-order valence-corrected chi connectivity index (χ2v) is 9.99. The number of hydrogen-bond acceptors (Lipinski definition) is 4. The van der Waals surface area contributed by atoms with Crippen LogP contribution in [0.2, 0.25) is 0 Å². The van der Waals surface area contributed by atoms with Crippen LogP contribution in [0.1, 0.15) is 35.9 Å². The fourth-order valence-corrected chi connectivity index (χ4v) is 5.75. The fourth-order valence-electron chi connectivity index (χ4n) is 3.78. The first kappa shape index (κ1) is 21.0. The van der Waals surface area contributed by atoms with Gasteiger partial charge in [-0.2, -0.15) is 4.31 Å². The predicted octanol–water partition coefficient (Wildman–Crippen LogP) is 3.53. The molecule has 30 heavy (non-hydrogen) atoms. The molecule has 1 aliphatic rings. The van der Waals surface area contributed by atoms with E-state index in [1.165, 1.54) is 16.4 Å². The third kappa shape index (κ3) is 3.89. The number of benzene rings is 2. The largest absolute Gasteiger partial charge is 0.345 e. The van der Waals surface area contributed by atoms with Crippen molar-refractivity contribution in [2.75, 3.05) is 13.1 Å². The number of fused-ring (bicyclic) bond motifs is 1. The number of amides is 1. The monoisotopic (exact) mass is 490 g/mol. The highest BCUT2D eigenvalue weighted by Gasteiger charge is 2.28. The van der Waals surface area contributed by atoms with Crippen LogP contribution in [0.3, 0.4) is 0 Å². The van der Waals surface area contributed by atoms with Gasteiger partial charge in [-0.3, -0.25) is 4.79 Å². The van der Waals surface area contributed by atoms with E-state index in [2.05, 4.69) is 30.8 Å². The Morgan fingerprint density at radius 3 is 2.63 bits per heavy atom. The Kier molecular flexibility index (Phi) is 5.95. The zero-order chi connectivity index (χ0) is 21.3. The van der Waals surface area contributed by atoms with Gasteiger partial charge in [0.05, 0.1) is 28.0 Å². The SMILES string of the molecule is CCn1c(CNC(=O)c2cc(S(=O)(=O)N3CCCC3)ccc2Br)nc2ccccc21. The number of rotatable bonds is 6. The van der Waals surface area contributed by atoms with Crippen molar-refractivity contribution in [2.45, 2.75) is 37.8 Å². The maximum absolute atomic E-state index is 12.9. The van der Waals surface area contributed by atoms with Gasteiger partial charge in [-0.1, -0.05) is 12.1 Å². The van der Waals surface area contributed by atoms with Crippen LogP contribution in [0.15, 0.2) is 51.8 Å². The first-order valence-electron chi connectivity index (χ1n) is 9.94. The molecule has 0 aliphatic carbocycles. The molecule has 1 fully saturated rings. The van der Waals surface area contributed by atoms with E-state index < -0.39 is 10.0 Å². The van der Waals surface area contributed by atoms with Crippen molar-refractivity contribution in [3.63, 3.8) is 0 Å². The Balaban J connectivity index is 1.57. The summed E-state index contributed by atoms with van der Waals surface area (Å²) in [7, 11) is -3.59. The van der Waals surface area contributed by atoms with Gasteiger partial charge in [0.1, 0.15) is 5.82 Å². The molecule has 9 heteroatoms. The van der Waals surface area contributed by atoms with Crippen LogP contribution in [-0.4, -0.2) is 41.3 Å². The zero-order valence-corrected chi connectivity index (χ0v) is 19.0. The Bertz CT molecular complexity index is 1200. The summed E-state index contributed by atoms with van der Waals surface area (Å²) < 4.78 is 29.8. The number of sulfonamides is 1. The molecule has 1 amide bonds. The van der Waals surface area contributed by atoms with Gasteiger partial charge in [0.25, 0.3) is 5.91 Å². The van der Waals surface area contributed by atoms with Crippen LogP contribution in [0.5, 0.6) is 0 Å². The summed E-state index contributed by atoms with van der Waals surface area (Å²) in [4.78, 5) is 17.6. The highest BCUT2D eigenvalue weighted by Crippen LogP contribution is 2.26. The van der Waals surface area contributed by atoms with Crippen LogP contribution in [0.25, 0.3) is 11.0 Å². The molecule has 0 bridgehead atoms. The molecule has 7 nitrogen and oxygen atoms in total. The number of nitrogens with one attached hydrogen (secondary N) is 1. The number of aryl methyl sites for hydroxylation is 1. The summed E-state index contributed by atoms with van der Waals surface area (Å²) >= 11 is 3.37. The lowest BCUT2D eigenvalue weighted by Crippen LogP contribution is -2.29. The summed E-state index contributed by atoms with van der Waals surface area (Å²) in [5, 5.41) is 2.88. The molecular formula is C21H23BrN4O3S. The summed E-state index contributed by atoms with van der Waals surface area (Å²) in [5.74, 6) is 0.402. The van der Waals surface area contributed by atoms with Crippen LogP contribution in [-0.2, 0) is 23.1 Å². The van der Waals surface area contributed by atoms with Gasteiger partial charge in [0, 0.05) is 24.1 Å². The standard InChI is InChI=1S/C21H23BrN4O3S/c1-2-26-19-8-4-3-7-18(19)24-20(26)14-23-21(27)16-13-15(9-10-17(16)22)30(28,29)25-11-5-6-12-25/h3-4,7-10,13H,2,5-6,11-12,14H2,1H3,(H,23,27). The fraction of sp³-hybridized carbons (Fsp3) is 0.333. The van der Waals surface area contributed by atoms with Gasteiger partial charge in [-0.15, -0.1) is 0 Å². The minimum Gasteiger partial charge on any atom is -0.345 e. The summed E-state index contributed by atoms with van der Waals surface area (Å²) in [6.45, 7) is 4.05. The molecule has 0 spiro atoms. The Morgan fingerprint density at radius 1 is 1.17 bits per heavy atom. The summed E-state index contributed by atoms with van der Waals surface area (Å²) in [6.07, 6.45) is 1.73. The number of carbonyl (C=O) groups is 1. The van der Waals surface area contributed by atoms with E-state index in [1.807, 2.05) is 31.2 Å². The van der Waals surface area contributed by atoms with Crippen LogP contribution in [0, 0.1) is 0 Å². The lowest BCUT2D eigenvalue weighted by molar-refractivity contribution is 0.0948. The number of carbonyl (C=O) groups excluding carboxylic acids is 1. The molecule has 4 rings (SSSR count). The number of halogens is 1. The molecule has 1 aliphatic heterocycles. The molecule has 0 unspecified atom stereocenters. The number of aromatic nitrogens is 2. The van der Waals surface area contributed by atoms with E-state index in [0.717, 1.165) is 36.2 Å². The molecule has 1 saturated heterocycles. The number of nitrogens with zero attached hydrogens (tertiary/aromatic N) is 3. The molecule has 0 atom stereocenters. The third-order valence-corrected chi connectivity index (χ3v) is 7.93. The van der Waals surface area contributed by atoms with E-state index >= 15 is 0 Å². The Labute approximate surface area is 184 Å². The number of para-hydroxylation sites is 2. The highest BCUT2D eigenvalue weighted by molar-refractivity contribution is 9.10. The Morgan fingerprint density at radius 2 is 1.90 bits per heavy atom. The first-order chi connectivity index (χ1) is 14.4. The quantitative estimate of drug-likeness (QED) is 0.572. The molecule has 0 saturated carbocycles. The van der Waals surface area contributed by atoms with Crippen molar-refractivity contribution in [2.24, 2.45) is 0 Å². The average molecular weight is 491 g/mol. The normalized spacial score (nSPS) is 15.0. The Hall–Kier alpha value is -2.23. The van der Waals surface area contributed by atoms with Crippen molar-refractivity contribution in [3.8, 4) is 0 Å². The summed E-state index contributed by atoms with van der Waals surface area (Å²) in [5.41, 5.74) is 2.18. The minimum atomic E-state index is -3.59. The van der Waals surface area contributed by atoms with Gasteiger partial charge >= 0.3 is 0 Å². The van der Waals surface area contributed by atoms with Crippen molar-refractivity contribution in [1.82, 2.24) is 19.2 Å². The van der Waals surface area contributed by atoms with E-state index in [0.29, 0.717) is 17.6 Å². The lowest BCUT2D eigenvalue weighted by Gasteiger charge is -2.16. The minimum absolute atomic E-state index is 0.138. The maximum atomic E-state index is 12.9. The molecule has 158 valence electrons. The molecule has 1 N–H and O–H groups in total. The summed E-state index contributed by atoms with van der Waals surface area (Å²) in [6, 6.07) is 12.4. The smallest absolute Gasteiger partial charge is 0.252 e. The molecule has 2 heterocycles. The van der Waals surface area contributed by atoms with E-state index in [4.69, 9.17) is 0 Å². The number of hydrogen-bond donors (Lipinski definition) is 1. The van der Waals surface area contributed by atoms with Gasteiger partial charge in [0.15, 0.2) is 0 Å². The van der Waals surface area contributed by atoms with Crippen LogP contribution < -0.4 is 5.32 Å². The first-order valence-corrected chi connectivity index (χ1v) is 12.2. The molecular weight excluding hydrogens is 468 g/mol. The topological polar surface area (TPSA) is 84.3 Å². The second-order valence-electron chi connectivity index (χ2n) is 7.20. The number of imidazole rings is 1. The molecule has 0 radical (unpaired) electrons. The van der Waals surface area contributed by atoms with Gasteiger partial charge < -0.3 is 9.88 Å². The van der Waals surface area contributed by atoms with Gasteiger partial charge in [0.2, 0.25) is 10.0 Å².